The predicted molar refractivity (Wildman–Crippen MR) is 227 cm³/mol. The summed E-state index contributed by atoms with van der Waals surface area (Å²) in [6.07, 6.45) is 9.36. The first-order valence-corrected chi connectivity index (χ1v) is 22.3. The Labute approximate surface area is 347 Å². The highest BCUT2D eigenvalue weighted by Gasteiger charge is 2.39. The van der Waals surface area contributed by atoms with E-state index in [-0.39, 0.29) is 43.2 Å². The van der Waals surface area contributed by atoms with Crippen LogP contribution in [0.3, 0.4) is 0 Å². The van der Waals surface area contributed by atoms with E-state index in [2.05, 4.69) is 29.5 Å². The third kappa shape index (κ3) is 21.3. The van der Waals surface area contributed by atoms with Crippen LogP contribution in [0.4, 0.5) is 0 Å². The minimum atomic E-state index is -4.07. The lowest BCUT2D eigenvalue weighted by Crippen LogP contribution is -2.55. The summed E-state index contributed by atoms with van der Waals surface area (Å²) < 4.78 is 36.6. The van der Waals surface area contributed by atoms with Crippen LogP contribution in [0.1, 0.15) is 145 Å². The van der Waals surface area contributed by atoms with E-state index in [9.17, 15) is 23.7 Å². The monoisotopic (exact) mass is 830 g/mol. The number of carbonyl (C=O) groups excluding carboxylic acids is 4. The Balaban J connectivity index is 2.44. The molecule has 14 heteroatoms. The Hall–Kier alpha value is -3.80. The van der Waals surface area contributed by atoms with Gasteiger partial charge in [0.2, 0.25) is 17.7 Å². The van der Waals surface area contributed by atoms with Gasteiger partial charge in [0.05, 0.1) is 11.2 Å². The summed E-state index contributed by atoms with van der Waals surface area (Å²) in [6, 6.07) is 8.14. The zero-order valence-corrected chi connectivity index (χ0v) is 37.9. The van der Waals surface area contributed by atoms with Gasteiger partial charge in [0.1, 0.15) is 23.4 Å². The lowest BCUT2D eigenvalue weighted by Gasteiger charge is -2.30. The van der Waals surface area contributed by atoms with E-state index in [1.54, 1.807) is 110 Å². The fraction of sp³-hybridized carbons (Fsp3) is 0.659. The molecule has 0 aliphatic carbocycles. The molecule has 0 saturated carbocycles. The number of nitrogens with zero attached hydrogens (tertiary/aromatic N) is 2. The van der Waals surface area contributed by atoms with Gasteiger partial charge in [0.15, 0.2) is 0 Å². The van der Waals surface area contributed by atoms with Crippen molar-refractivity contribution in [3.63, 3.8) is 0 Å². The molecule has 2 atom stereocenters. The molecule has 1 heterocycles. The number of phosphoric ester groups is 1. The predicted octanol–water partition coefficient (Wildman–Crippen LogP) is 8.67. The molecule has 3 amide bonds. The van der Waals surface area contributed by atoms with Crippen molar-refractivity contribution in [2.24, 2.45) is 0 Å². The van der Waals surface area contributed by atoms with Gasteiger partial charge in [-0.15, -0.1) is 0 Å². The van der Waals surface area contributed by atoms with Crippen LogP contribution in [0.5, 0.6) is 5.75 Å². The fourth-order valence-corrected chi connectivity index (χ4v) is 7.73. The number of hydrogen-bond acceptors (Lipinski definition) is 10. The molecule has 0 spiro atoms. The molecule has 1 aromatic carbocycles. The number of pyridine rings is 1. The Kier molecular flexibility index (Phi) is 20.6. The zero-order chi connectivity index (χ0) is 43.6. The lowest BCUT2D eigenvalue weighted by atomic mass is 10.0. The second-order valence-electron chi connectivity index (χ2n) is 17.7. The van der Waals surface area contributed by atoms with E-state index in [0.29, 0.717) is 25.1 Å². The second kappa shape index (κ2) is 23.7. The zero-order valence-electron chi connectivity index (χ0n) is 37.0. The molecule has 0 saturated heterocycles. The highest BCUT2D eigenvalue weighted by atomic mass is 31.2. The number of rotatable bonds is 24. The number of esters is 1. The van der Waals surface area contributed by atoms with E-state index in [1.165, 1.54) is 0 Å². The van der Waals surface area contributed by atoms with Crippen LogP contribution in [0, 0.1) is 0 Å². The molecule has 0 unspecified atom stereocenters. The van der Waals surface area contributed by atoms with Crippen molar-refractivity contribution in [3.05, 3.63) is 59.9 Å². The normalized spacial score (nSPS) is 13.3. The van der Waals surface area contributed by atoms with E-state index < -0.39 is 48.6 Å². The SMILES string of the molecule is CCCCCN(CCCCC)C(=O)[C@H](CCC(=O)OC(C)(C)C)NC(=O)[C@H](Cc1ccc(OP(=O)(OC(C)(C)C)OC(C)(C)C)cc1)NC(=O)CCc1cccnc1. The number of ether oxygens (including phenoxy) is 1. The number of aryl methyl sites for hydroxylation is 1. The quantitative estimate of drug-likeness (QED) is 0.0595. The first-order valence-electron chi connectivity index (χ1n) is 20.8. The number of benzene rings is 1. The van der Waals surface area contributed by atoms with Crippen molar-refractivity contribution in [1.82, 2.24) is 20.5 Å². The summed E-state index contributed by atoms with van der Waals surface area (Å²) >= 11 is 0. The largest absolute Gasteiger partial charge is 0.531 e. The Morgan fingerprint density at radius 1 is 0.741 bits per heavy atom. The number of aromatic nitrogens is 1. The van der Waals surface area contributed by atoms with Crippen LogP contribution in [0.25, 0.3) is 0 Å². The molecule has 0 aliphatic heterocycles. The van der Waals surface area contributed by atoms with E-state index in [1.807, 2.05) is 6.07 Å². The number of phosphoric acid groups is 1. The molecule has 0 fully saturated rings. The molecular weight excluding hydrogens is 759 g/mol. The molecule has 0 bridgehead atoms. The average Bonchev–Trinajstić information content (AvgIpc) is 3.10. The number of carbonyl (C=O) groups is 4. The fourth-order valence-electron chi connectivity index (χ4n) is 5.90. The molecule has 2 N–H and O–H groups in total. The van der Waals surface area contributed by atoms with Crippen molar-refractivity contribution in [2.45, 2.75) is 176 Å². The van der Waals surface area contributed by atoms with Crippen LogP contribution in [-0.2, 0) is 50.4 Å². The first kappa shape index (κ1) is 50.3. The second-order valence-corrected chi connectivity index (χ2v) is 19.1. The van der Waals surface area contributed by atoms with Gasteiger partial charge in [-0.25, -0.2) is 4.57 Å². The Morgan fingerprint density at radius 2 is 1.33 bits per heavy atom. The van der Waals surface area contributed by atoms with E-state index in [4.69, 9.17) is 18.3 Å². The topological polar surface area (TPSA) is 162 Å². The van der Waals surface area contributed by atoms with Gasteiger partial charge < -0.3 is 24.8 Å². The van der Waals surface area contributed by atoms with Gasteiger partial charge in [-0.3, -0.25) is 33.2 Å². The molecule has 0 radical (unpaired) electrons. The van der Waals surface area contributed by atoms with Crippen molar-refractivity contribution in [2.75, 3.05) is 13.1 Å². The summed E-state index contributed by atoms with van der Waals surface area (Å²) in [4.78, 5) is 60.7. The minimum absolute atomic E-state index is 0.0264. The number of amides is 3. The van der Waals surface area contributed by atoms with Crippen LogP contribution in [-0.4, -0.2) is 75.6 Å². The highest BCUT2D eigenvalue weighted by molar-refractivity contribution is 7.49. The van der Waals surface area contributed by atoms with Crippen LogP contribution in [0.2, 0.25) is 0 Å². The molecule has 58 heavy (non-hydrogen) atoms. The van der Waals surface area contributed by atoms with Crippen LogP contribution in [0.15, 0.2) is 48.8 Å². The minimum Gasteiger partial charge on any atom is -0.460 e. The van der Waals surface area contributed by atoms with Gasteiger partial charge in [0.25, 0.3) is 0 Å². The first-order chi connectivity index (χ1) is 27.0. The maximum absolute atomic E-state index is 14.3. The van der Waals surface area contributed by atoms with Gasteiger partial charge in [0, 0.05) is 44.7 Å². The van der Waals surface area contributed by atoms with E-state index in [0.717, 1.165) is 44.1 Å². The van der Waals surface area contributed by atoms with Gasteiger partial charge in [-0.05, 0) is 117 Å². The van der Waals surface area contributed by atoms with Crippen molar-refractivity contribution in [1.29, 1.82) is 0 Å². The third-order valence-corrected chi connectivity index (χ3v) is 10.4. The van der Waals surface area contributed by atoms with Crippen molar-refractivity contribution in [3.8, 4) is 5.75 Å². The molecule has 0 aliphatic rings. The number of hydrogen-bond donors (Lipinski definition) is 2. The summed E-state index contributed by atoms with van der Waals surface area (Å²) in [5.41, 5.74) is -0.846. The maximum atomic E-state index is 14.3. The average molecular weight is 831 g/mol. The number of unbranched alkanes of at least 4 members (excludes halogenated alkanes) is 4. The summed E-state index contributed by atoms with van der Waals surface area (Å²) in [5, 5.41) is 5.81. The molecule has 2 rings (SSSR count). The Morgan fingerprint density at radius 3 is 1.83 bits per heavy atom. The number of nitrogens with one attached hydrogen (secondary N) is 2. The molecular formula is C44H71N4O9P. The van der Waals surface area contributed by atoms with Crippen molar-refractivity contribution >= 4 is 31.5 Å². The highest BCUT2D eigenvalue weighted by Crippen LogP contribution is 2.55. The van der Waals surface area contributed by atoms with Gasteiger partial charge in [-0.2, -0.15) is 0 Å². The van der Waals surface area contributed by atoms with Crippen LogP contribution >= 0.6 is 7.82 Å². The smallest absolute Gasteiger partial charge is 0.460 e. The lowest BCUT2D eigenvalue weighted by molar-refractivity contribution is -0.155. The Bertz CT molecular complexity index is 1590. The molecule has 13 nitrogen and oxygen atoms in total. The summed E-state index contributed by atoms with van der Waals surface area (Å²) in [5.74, 6) is -1.45. The molecule has 1 aromatic heterocycles. The van der Waals surface area contributed by atoms with E-state index >= 15 is 0 Å². The van der Waals surface area contributed by atoms with Gasteiger partial charge in [-0.1, -0.05) is 57.7 Å². The van der Waals surface area contributed by atoms with Gasteiger partial charge >= 0.3 is 13.8 Å². The maximum Gasteiger partial charge on any atom is 0.531 e. The molecule has 326 valence electrons. The standard InChI is InChI=1S/C44H71N4O9P/c1-12-14-16-29-48(30-17-15-13-2)41(52)36(25-27-39(50)54-42(3,4)5)47-40(51)37(46-38(49)26-22-34-19-18-28-45-32-34)31-33-20-23-35(24-21-33)55-58(53,56-43(6,7)8)57-44(9,10)11/h18-21,23-24,28,32,36-37H,12-17,22,25-27,29-31H2,1-11H3,(H,46,49)(H,47,51)/t36-,37-/m0/s1. The van der Waals surface area contributed by atoms with Crippen LogP contribution < -0.4 is 15.2 Å². The third-order valence-electron chi connectivity index (χ3n) is 8.41. The summed E-state index contributed by atoms with van der Waals surface area (Å²) in [7, 11) is -4.07. The molecule has 2 aromatic rings. The van der Waals surface area contributed by atoms with Crippen molar-refractivity contribution < 1.29 is 42.1 Å². The summed E-state index contributed by atoms with van der Waals surface area (Å²) in [6.45, 7) is 21.1.